The summed E-state index contributed by atoms with van der Waals surface area (Å²) in [6.45, 7) is 0.405. The summed E-state index contributed by atoms with van der Waals surface area (Å²) < 4.78 is 35.7. The van der Waals surface area contributed by atoms with E-state index in [-0.39, 0.29) is 17.5 Å². The highest BCUT2D eigenvalue weighted by Crippen LogP contribution is 2.37. The summed E-state index contributed by atoms with van der Waals surface area (Å²) in [5.41, 5.74) is -2.86. The summed E-state index contributed by atoms with van der Waals surface area (Å²) in [5, 5.41) is 3.88. The Labute approximate surface area is 119 Å². The molecule has 0 atom stereocenters. The maximum absolute atomic E-state index is 11.9. The zero-order chi connectivity index (χ0) is 13.9. The number of hydrogen-bond donors (Lipinski definition) is 1. The third-order valence-corrected chi connectivity index (χ3v) is 4.27. The predicted molar refractivity (Wildman–Crippen MR) is 73.7 cm³/mol. The van der Waals surface area contributed by atoms with Gasteiger partial charge in [0.15, 0.2) is 0 Å². The van der Waals surface area contributed by atoms with Crippen LogP contribution in [0.1, 0.15) is 24.3 Å². The molecule has 1 saturated carbocycles. The Bertz CT molecular complexity index is 401. The van der Waals surface area contributed by atoms with Crippen LogP contribution in [0.4, 0.5) is 13.2 Å². The highest BCUT2D eigenvalue weighted by atomic mass is 35.5. The van der Waals surface area contributed by atoms with Gasteiger partial charge in [-0.3, -0.25) is 0 Å². The van der Waals surface area contributed by atoms with Gasteiger partial charge in [0.2, 0.25) is 0 Å². The lowest BCUT2D eigenvalue weighted by Crippen LogP contribution is -2.41. The van der Waals surface area contributed by atoms with Gasteiger partial charge < -0.3 is 5.32 Å². The molecule has 1 aliphatic carbocycles. The number of halogens is 4. The molecule has 0 aliphatic heterocycles. The quantitative estimate of drug-likeness (QED) is 0.808. The molecular formula is C13H15ClF3NS. The Morgan fingerprint density at radius 2 is 1.84 bits per heavy atom. The van der Waals surface area contributed by atoms with Crippen LogP contribution in [0.25, 0.3) is 0 Å². The second-order valence-electron chi connectivity index (χ2n) is 4.67. The van der Waals surface area contributed by atoms with Crippen molar-refractivity contribution in [3.8, 4) is 0 Å². The van der Waals surface area contributed by atoms with E-state index in [4.69, 9.17) is 11.6 Å². The summed E-state index contributed by atoms with van der Waals surface area (Å²) >= 11 is 5.85. The molecule has 1 N–H and O–H groups in total. The molecule has 0 unspecified atom stereocenters. The maximum Gasteiger partial charge on any atom is 0.441 e. The van der Waals surface area contributed by atoms with Crippen molar-refractivity contribution >= 4 is 23.4 Å². The van der Waals surface area contributed by atoms with Crippen LogP contribution >= 0.6 is 23.4 Å². The number of alkyl halides is 3. The van der Waals surface area contributed by atoms with Crippen LogP contribution in [0.15, 0.2) is 24.3 Å². The van der Waals surface area contributed by atoms with Crippen LogP contribution in [-0.4, -0.2) is 23.8 Å². The minimum absolute atomic E-state index is 0.0318. The average molecular weight is 310 g/mol. The molecule has 1 aromatic rings. The fourth-order valence-corrected chi connectivity index (χ4v) is 2.80. The normalized spacial score (nSPS) is 23.2. The molecule has 1 aliphatic rings. The van der Waals surface area contributed by atoms with Gasteiger partial charge in [-0.2, -0.15) is 13.2 Å². The Balaban J connectivity index is 1.63. The Morgan fingerprint density at radius 3 is 2.42 bits per heavy atom. The minimum atomic E-state index is -4.12. The zero-order valence-electron chi connectivity index (χ0n) is 10.2. The van der Waals surface area contributed by atoms with Crippen molar-refractivity contribution < 1.29 is 13.2 Å². The second kappa shape index (κ2) is 6.37. The van der Waals surface area contributed by atoms with Crippen molar-refractivity contribution in [2.75, 3.05) is 12.3 Å². The highest BCUT2D eigenvalue weighted by molar-refractivity contribution is 8.00. The molecule has 19 heavy (non-hydrogen) atoms. The summed E-state index contributed by atoms with van der Waals surface area (Å²) in [5.74, 6) is 0.580. The first-order chi connectivity index (χ1) is 8.94. The SMILES string of the molecule is FC(F)(F)SCCNC1CC(c2ccc(Cl)cc2)C1. The van der Waals surface area contributed by atoms with E-state index in [0.29, 0.717) is 18.5 Å². The van der Waals surface area contributed by atoms with Crippen molar-refractivity contribution in [2.24, 2.45) is 0 Å². The molecule has 0 radical (unpaired) electrons. The van der Waals surface area contributed by atoms with E-state index in [1.807, 2.05) is 24.3 Å². The first-order valence-electron chi connectivity index (χ1n) is 6.13. The first kappa shape index (κ1) is 15.0. The smallest absolute Gasteiger partial charge is 0.313 e. The molecule has 2 rings (SSSR count). The van der Waals surface area contributed by atoms with Crippen LogP contribution in [0.3, 0.4) is 0 Å². The van der Waals surface area contributed by atoms with Gasteiger partial charge in [0.05, 0.1) is 0 Å². The number of hydrogen-bond acceptors (Lipinski definition) is 2. The fraction of sp³-hybridized carbons (Fsp3) is 0.538. The molecule has 0 spiro atoms. The van der Waals surface area contributed by atoms with Crippen molar-refractivity contribution in [3.63, 3.8) is 0 Å². The zero-order valence-corrected chi connectivity index (χ0v) is 11.8. The van der Waals surface area contributed by atoms with Crippen molar-refractivity contribution in [1.82, 2.24) is 5.32 Å². The summed E-state index contributed by atoms with van der Waals surface area (Å²) in [4.78, 5) is 0. The Morgan fingerprint density at radius 1 is 1.21 bits per heavy atom. The molecule has 0 amide bonds. The van der Waals surface area contributed by atoms with Gasteiger partial charge >= 0.3 is 5.51 Å². The van der Waals surface area contributed by atoms with Crippen molar-refractivity contribution in [2.45, 2.75) is 30.3 Å². The monoisotopic (exact) mass is 309 g/mol. The highest BCUT2D eigenvalue weighted by Gasteiger charge is 2.31. The van der Waals surface area contributed by atoms with E-state index in [1.165, 1.54) is 5.56 Å². The number of benzene rings is 1. The predicted octanol–water partition coefficient (Wildman–Crippen LogP) is 4.43. The maximum atomic E-state index is 11.9. The lowest BCUT2D eigenvalue weighted by atomic mass is 9.76. The van der Waals surface area contributed by atoms with Gasteiger partial charge in [-0.05, 0) is 48.2 Å². The van der Waals surface area contributed by atoms with Gasteiger partial charge in [0.1, 0.15) is 0 Å². The molecule has 0 heterocycles. The van der Waals surface area contributed by atoms with Crippen LogP contribution < -0.4 is 5.32 Å². The molecule has 0 bridgehead atoms. The van der Waals surface area contributed by atoms with Crippen LogP contribution in [0.5, 0.6) is 0 Å². The molecule has 1 aromatic carbocycles. The van der Waals surface area contributed by atoms with E-state index in [2.05, 4.69) is 5.32 Å². The average Bonchev–Trinajstić information content (AvgIpc) is 2.27. The molecular weight excluding hydrogens is 295 g/mol. The largest absolute Gasteiger partial charge is 0.441 e. The van der Waals surface area contributed by atoms with E-state index >= 15 is 0 Å². The minimum Gasteiger partial charge on any atom is -0.313 e. The molecule has 0 saturated heterocycles. The summed E-state index contributed by atoms with van der Waals surface area (Å²) in [7, 11) is 0. The Hall–Kier alpha value is -0.390. The molecule has 1 fully saturated rings. The van der Waals surface area contributed by atoms with Gasteiger partial charge in [-0.25, -0.2) is 0 Å². The molecule has 1 nitrogen and oxygen atoms in total. The first-order valence-corrected chi connectivity index (χ1v) is 7.50. The summed E-state index contributed by atoms with van der Waals surface area (Å²) in [6.07, 6.45) is 1.97. The molecule has 106 valence electrons. The third-order valence-electron chi connectivity index (χ3n) is 3.28. The van der Waals surface area contributed by atoms with E-state index in [1.54, 1.807) is 0 Å². The molecule has 0 aromatic heterocycles. The molecule has 6 heteroatoms. The fourth-order valence-electron chi connectivity index (χ4n) is 2.22. The standard InChI is InChI=1S/C13H15ClF3NS/c14-11-3-1-9(2-4-11)10-7-12(8-10)18-5-6-19-13(15,16)17/h1-4,10,12,18H,5-8H2. The Kier molecular flexibility index (Phi) is 5.03. The van der Waals surface area contributed by atoms with Gasteiger partial charge in [-0.15, -0.1) is 0 Å². The van der Waals surface area contributed by atoms with E-state index < -0.39 is 5.51 Å². The third kappa shape index (κ3) is 4.89. The van der Waals surface area contributed by atoms with Crippen LogP contribution in [0.2, 0.25) is 5.02 Å². The van der Waals surface area contributed by atoms with E-state index in [0.717, 1.165) is 17.9 Å². The van der Waals surface area contributed by atoms with Crippen LogP contribution in [0, 0.1) is 0 Å². The topological polar surface area (TPSA) is 12.0 Å². The number of rotatable bonds is 5. The van der Waals surface area contributed by atoms with E-state index in [9.17, 15) is 13.2 Å². The van der Waals surface area contributed by atoms with Crippen LogP contribution in [-0.2, 0) is 0 Å². The van der Waals surface area contributed by atoms with Gasteiger partial charge in [0, 0.05) is 23.4 Å². The summed E-state index contributed by atoms with van der Waals surface area (Å²) in [6, 6.07) is 8.12. The second-order valence-corrected chi connectivity index (χ2v) is 6.26. The van der Waals surface area contributed by atoms with Gasteiger partial charge in [-0.1, -0.05) is 23.7 Å². The number of nitrogens with one attached hydrogen (secondary N) is 1. The van der Waals surface area contributed by atoms with Gasteiger partial charge in [0.25, 0.3) is 0 Å². The van der Waals surface area contributed by atoms with Crippen molar-refractivity contribution in [1.29, 1.82) is 0 Å². The van der Waals surface area contributed by atoms with Crippen molar-refractivity contribution in [3.05, 3.63) is 34.9 Å². The lowest BCUT2D eigenvalue weighted by Gasteiger charge is -2.36. The number of thioether (sulfide) groups is 1. The lowest BCUT2D eigenvalue weighted by molar-refractivity contribution is -0.0327.